The summed E-state index contributed by atoms with van der Waals surface area (Å²) in [6, 6.07) is 11.7. The molecule has 1 amide bonds. The molecule has 4 nitrogen and oxygen atoms in total. The summed E-state index contributed by atoms with van der Waals surface area (Å²) in [4.78, 5) is 14.8. The van der Waals surface area contributed by atoms with Crippen molar-refractivity contribution in [3.8, 4) is 11.5 Å². The maximum absolute atomic E-state index is 13.6. The second kappa shape index (κ2) is 6.15. The van der Waals surface area contributed by atoms with Crippen molar-refractivity contribution in [1.29, 1.82) is 0 Å². The summed E-state index contributed by atoms with van der Waals surface area (Å²) < 4.78 is 24.2. The number of ether oxygens (including phenoxy) is 2. The van der Waals surface area contributed by atoms with E-state index in [1.807, 2.05) is 11.0 Å². The van der Waals surface area contributed by atoms with Gasteiger partial charge in [-0.1, -0.05) is 12.1 Å². The normalized spacial score (nSPS) is 19.4. The number of hydrogen-bond acceptors (Lipinski definition) is 3. The first-order chi connectivity index (χ1) is 11.7. The molecule has 2 heterocycles. The molecule has 2 aliphatic heterocycles. The van der Waals surface area contributed by atoms with Gasteiger partial charge in [-0.25, -0.2) is 4.39 Å². The average molecular weight is 327 g/mol. The standard InChI is InChI=1S/C19H18FNO3/c20-15-5-3-4-13(10-15)16-6-1-2-9-21(16)19(22)14-7-8-17-18(11-14)24-12-23-17/h3-5,7-8,10-11,16H,1-2,6,9,12H2/t16-/m1/s1. The van der Waals surface area contributed by atoms with Crippen molar-refractivity contribution in [1.82, 2.24) is 4.90 Å². The predicted molar refractivity (Wildman–Crippen MR) is 86.6 cm³/mol. The number of nitrogens with zero attached hydrogens (tertiary/aromatic N) is 1. The van der Waals surface area contributed by atoms with E-state index in [1.54, 1.807) is 24.3 Å². The van der Waals surface area contributed by atoms with Crippen LogP contribution in [0, 0.1) is 5.82 Å². The van der Waals surface area contributed by atoms with Crippen LogP contribution in [-0.4, -0.2) is 24.1 Å². The predicted octanol–water partition coefficient (Wildman–Crippen LogP) is 3.92. The van der Waals surface area contributed by atoms with Crippen LogP contribution in [0.1, 0.15) is 41.2 Å². The van der Waals surface area contributed by atoms with Gasteiger partial charge in [-0.2, -0.15) is 0 Å². The quantitative estimate of drug-likeness (QED) is 0.839. The molecule has 2 aromatic carbocycles. The highest BCUT2D eigenvalue weighted by atomic mass is 19.1. The van der Waals surface area contributed by atoms with Gasteiger partial charge in [-0.05, 0) is 55.2 Å². The Morgan fingerprint density at radius 2 is 1.96 bits per heavy atom. The van der Waals surface area contributed by atoms with E-state index >= 15 is 0 Å². The Bertz CT molecular complexity index is 777. The van der Waals surface area contributed by atoms with Crippen LogP contribution < -0.4 is 9.47 Å². The fraction of sp³-hybridized carbons (Fsp3) is 0.316. The fourth-order valence-electron chi connectivity index (χ4n) is 3.43. The molecule has 0 unspecified atom stereocenters. The number of piperidine rings is 1. The summed E-state index contributed by atoms with van der Waals surface area (Å²) in [5.41, 5.74) is 1.42. The van der Waals surface area contributed by atoms with Crippen LogP contribution in [0.25, 0.3) is 0 Å². The van der Waals surface area contributed by atoms with Gasteiger partial charge in [-0.15, -0.1) is 0 Å². The van der Waals surface area contributed by atoms with Crippen molar-refractivity contribution in [3.63, 3.8) is 0 Å². The average Bonchev–Trinajstić information content (AvgIpc) is 3.09. The largest absolute Gasteiger partial charge is 0.454 e. The Hall–Kier alpha value is -2.56. The molecule has 124 valence electrons. The van der Waals surface area contributed by atoms with Crippen LogP contribution >= 0.6 is 0 Å². The van der Waals surface area contributed by atoms with Gasteiger partial charge in [0, 0.05) is 12.1 Å². The van der Waals surface area contributed by atoms with Crippen LogP contribution in [0.15, 0.2) is 42.5 Å². The van der Waals surface area contributed by atoms with Crippen molar-refractivity contribution in [2.75, 3.05) is 13.3 Å². The van der Waals surface area contributed by atoms with Gasteiger partial charge in [0.2, 0.25) is 6.79 Å². The van der Waals surface area contributed by atoms with Gasteiger partial charge in [0.15, 0.2) is 11.5 Å². The number of carbonyl (C=O) groups is 1. The molecule has 0 aliphatic carbocycles. The highest BCUT2D eigenvalue weighted by molar-refractivity contribution is 5.95. The monoisotopic (exact) mass is 327 g/mol. The lowest BCUT2D eigenvalue weighted by Crippen LogP contribution is -2.38. The second-order valence-electron chi connectivity index (χ2n) is 6.13. The SMILES string of the molecule is O=C(c1ccc2c(c1)OCO2)N1CCCC[C@@H]1c1cccc(F)c1. The summed E-state index contributed by atoms with van der Waals surface area (Å²) in [7, 11) is 0. The molecule has 0 spiro atoms. The molecule has 0 aromatic heterocycles. The first-order valence-electron chi connectivity index (χ1n) is 8.18. The van der Waals surface area contributed by atoms with Crippen LogP contribution in [-0.2, 0) is 0 Å². The summed E-state index contributed by atoms with van der Waals surface area (Å²) in [6.07, 6.45) is 2.84. The Balaban J connectivity index is 1.64. The lowest BCUT2D eigenvalue weighted by Gasteiger charge is -2.36. The molecule has 1 fully saturated rings. The fourth-order valence-corrected chi connectivity index (χ4v) is 3.43. The molecule has 0 N–H and O–H groups in total. The number of carbonyl (C=O) groups excluding carboxylic acids is 1. The number of halogens is 1. The van der Waals surface area contributed by atoms with E-state index in [1.165, 1.54) is 12.1 Å². The lowest BCUT2D eigenvalue weighted by atomic mass is 9.94. The first-order valence-corrected chi connectivity index (χ1v) is 8.18. The van der Waals surface area contributed by atoms with Crippen LogP contribution in [0.2, 0.25) is 0 Å². The lowest BCUT2D eigenvalue weighted by molar-refractivity contribution is 0.0610. The van der Waals surface area contributed by atoms with Gasteiger partial charge in [0.05, 0.1) is 6.04 Å². The minimum Gasteiger partial charge on any atom is -0.454 e. The van der Waals surface area contributed by atoms with Gasteiger partial charge in [0.1, 0.15) is 5.82 Å². The molecule has 0 bridgehead atoms. The smallest absolute Gasteiger partial charge is 0.254 e. The Kier molecular flexibility index (Phi) is 3.84. The number of rotatable bonds is 2. The van der Waals surface area contributed by atoms with Crippen molar-refractivity contribution in [3.05, 3.63) is 59.4 Å². The van der Waals surface area contributed by atoms with E-state index in [0.717, 1.165) is 24.8 Å². The van der Waals surface area contributed by atoms with Crippen LogP contribution in [0.5, 0.6) is 11.5 Å². The Labute approximate surface area is 139 Å². The van der Waals surface area contributed by atoms with Crippen molar-refractivity contribution in [2.45, 2.75) is 25.3 Å². The highest BCUT2D eigenvalue weighted by Crippen LogP contribution is 2.36. The van der Waals surface area contributed by atoms with Crippen LogP contribution in [0.3, 0.4) is 0 Å². The minimum atomic E-state index is -0.270. The van der Waals surface area contributed by atoms with Crippen molar-refractivity contribution >= 4 is 5.91 Å². The molecule has 0 radical (unpaired) electrons. The van der Waals surface area contributed by atoms with E-state index in [0.29, 0.717) is 23.6 Å². The summed E-state index contributed by atoms with van der Waals surface area (Å²) >= 11 is 0. The zero-order chi connectivity index (χ0) is 16.5. The molecular formula is C19H18FNO3. The molecule has 2 aromatic rings. The topological polar surface area (TPSA) is 38.8 Å². The third-order valence-corrected chi connectivity index (χ3v) is 4.62. The summed E-state index contributed by atoms with van der Waals surface area (Å²) in [6.45, 7) is 0.858. The molecule has 2 aliphatic rings. The van der Waals surface area contributed by atoms with Gasteiger partial charge in [-0.3, -0.25) is 4.79 Å². The van der Waals surface area contributed by atoms with E-state index in [-0.39, 0.29) is 24.6 Å². The zero-order valence-corrected chi connectivity index (χ0v) is 13.2. The van der Waals surface area contributed by atoms with Gasteiger partial charge in [0.25, 0.3) is 5.91 Å². The number of hydrogen-bond donors (Lipinski definition) is 0. The molecule has 1 atom stereocenters. The number of amides is 1. The number of benzene rings is 2. The zero-order valence-electron chi connectivity index (χ0n) is 13.2. The number of likely N-dealkylation sites (tertiary alicyclic amines) is 1. The van der Waals surface area contributed by atoms with E-state index in [2.05, 4.69) is 0 Å². The Morgan fingerprint density at radius 3 is 2.83 bits per heavy atom. The molecule has 0 saturated carbocycles. The third kappa shape index (κ3) is 2.70. The van der Waals surface area contributed by atoms with Gasteiger partial charge < -0.3 is 14.4 Å². The van der Waals surface area contributed by atoms with E-state index in [9.17, 15) is 9.18 Å². The molecule has 4 rings (SSSR count). The Morgan fingerprint density at radius 1 is 1.08 bits per heavy atom. The maximum atomic E-state index is 13.6. The molecule has 1 saturated heterocycles. The minimum absolute atomic E-state index is 0.0535. The summed E-state index contributed by atoms with van der Waals surface area (Å²) in [5, 5.41) is 0. The molecular weight excluding hydrogens is 309 g/mol. The number of fused-ring (bicyclic) bond motifs is 1. The van der Waals surface area contributed by atoms with Crippen LogP contribution in [0.4, 0.5) is 4.39 Å². The highest BCUT2D eigenvalue weighted by Gasteiger charge is 2.29. The maximum Gasteiger partial charge on any atom is 0.254 e. The van der Waals surface area contributed by atoms with E-state index in [4.69, 9.17) is 9.47 Å². The third-order valence-electron chi connectivity index (χ3n) is 4.62. The summed E-state index contributed by atoms with van der Waals surface area (Å²) in [5.74, 6) is 0.933. The second-order valence-corrected chi connectivity index (χ2v) is 6.13. The van der Waals surface area contributed by atoms with Crippen molar-refractivity contribution in [2.24, 2.45) is 0 Å². The van der Waals surface area contributed by atoms with Gasteiger partial charge >= 0.3 is 0 Å². The molecule has 24 heavy (non-hydrogen) atoms. The van der Waals surface area contributed by atoms with Crippen molar-refractivity contribution < 1.29 is 18.7 Å². The van der Waals surface area contributed by atoms with E-state index < -0.39 is 0 Å². The first kappa shape index (κ1) is 15.0. The molecule has 5 heteroatoms.